The zero-order valence-corrected chi connectivity index (χ0v) is 13.3. The van der Waals surface area contributed by atoms with Gasteiger partial charge in [0, 0.05) is 23.9 Å². The van der Waals surface area contributed by atoms with E-state index >= 15 is 0 Å². The van der Waals surface area contributed by atoms with Gasteiger partial charge in [0.2, 0.25) is 5.91 Å². The molecule has 20 heavy (non-hydrogen) atoms. The van der Waals surface area contributed by atoms with Crippen LogP contribution in [0.4, 0.5) is 0 Å². The lowest BCUT2D eigenvalue weighted by molar-refractivity contribution is -0.118. The average Bonchev–Trinajstić information content (AvgIpc) is 2.84. The van der Waals surface area contributed by atoms with Gasteiger partial charge in [-0.1, -0.05) is 29.8 Å². The first-order valence-corrected chi connectivity index (χ1v) is 8.45. The molecule has 1 saturated heterocycles. The van der Waals surface area contributed by atoms with E-state index in [2.05, 4.69) is 17.3 Å². The topological polar surface area (TPSA) is 32.3 Å². The zero-order chi connectivity index (χ0) is 14.4. The highest BCUT2D eigenvalue weighted by molar-refractivity contribution is 7.99. The van der Waals surface area contributed by atoms with Crippen LogP contribution in [-0.4, -0.2) is 43.2 Å². The third-order valence-corrected chi connectivity index (χ3v) is 4.88. The molecule has 1 atom stereocenters. The Morgan fingerprint density at radius 3 is 3.00 bits per heavy atom. The minimum absolute atomic E-state index is 0.122. The lowest BCUT2D eigenvalue weighted by Crippen LogP contribution is -2.31. The van der Waals surface area contributed by atoms with Crippen LogP contribution >= 0.6 is 23.4 Å². The van der Waals surface area contributed by atoms with Gasteiger partial charge in [-0.05, 0) is 37.6 Å². The number of carbonyl (C=O) groups is 1. The average molecular weight is 313 g/mol. The van der Waals surface area contributed by atoms with E-state index in [0.29, 0.717) is 11.7 Å². The van der Waals surface area contributed by atoms with Gasteiger partial charge in [-0.2, -0.15) is 0 Å². The van der Waals surface area contributed by atoms with E-state index < -0.39 is 0 Å². The Bertz CT molecular complexity index is 455. The molecular weight excluding hydrogens is 292 g/mol. The normalized spacial score (nSPS) is 19.2. The first kappa shape index (κ1) is 15.7. The summed E-state index contributed by atoms with van der Waals surface area (Å²) in [5.41, 5.74) is 1.09. The summed E-state index contributed by atoms with van der Waals surface area (Å²) in [5, 5.41) is 3.80. The third-order valence-electron chi connectivity index (χ3n) is 3.53. The number of hydrogen-bond donors (Lipinski definition) is 1. The Hall–Kier alpha value is -0.710. The Morgan fingerprint density at radius 1 is 1.50 bits per heavy atom. The van der Waals surface area contributed by atoms with Crippen LogP contribution < -0.4 is 5.32 Å². The van der Waals surface area contributed by atoms with Crippen LogP contribution in [0.15, 0.2) is 24.3 Å². The summed E-state index contributed by atoms with van der Waals surface area (Å²) in [6, 6.07) is 7.77. The monoisotopic (exact) mass is 312 g/mol. The molecule has 5 heteroatoms. The number of amides is 1. The van der Waals surface area contributed by atoms with Crippen LogP contribution in [0.3, 0.4) is 0 Å². The number of rotatable bonds is 6. The van der Waals surface area contributed by atoms with E-state index in [1.54, 1.807) is 11.8 Å². The van der Waals surface area contributed by atoms with Crippen LogP contribution in [-0.2, 0) is 10.5 Å². The summed E-state index contributed by atoms with van der Waals surface area (Å²) in [6.45, 7) is 3.03. The van der Waals surface area contributed by atoms with Crippen molar-refractivity contribution in [2.45, 2.75) is 12.2 Å². The second-order valence-electron chi connectivity index (χ2n) is 5.31. The molecule has 0 unspecified atom stereocenters. The molecule has 0 aromatic heterocycles. The zero-order valence-electron chi connectivity index (χ0n) is 11.8. The Morgan fingerprint density at radius 2 is 2.30 bits per heavy atom. The Balaban J connectivity index is 1.62. The molecule has 1 fully saturated rings. The number of carbonyl (C=O) groups excluding carboxylic acids is 1. The van der Waals surface area contributed by atoms with Gasteiger partial charge in [-0.15, -0.1) is 11.8 Å². The highest BCUT2D eigenvalue weighted by Crippen LogP contribution is 2.20. The minimum atomic E-state index is 0.122. The number of thioether (sulfide) groups is 1. The van der Waals surface area contributed by atoms with Crippen molar-refractivity contribution >= 4 is 29.3 Å². The van der Waals surface area contributed by atoms with Crippen molar-refractivity contribution in [3.8, 4) is 0 Å². The molecule has 0 saturated carbocycles. The molecule has 0 radical (unpaired) electrons. The molecule has 1 aromatic carbocycles. The first-order chi connectivity index (χ1) is 9.65. The third kappa shape index (κ3) is 5.00. The predicted molar refractivity (Wildman–Crippen MR) is 86.2 cm³/mol. The van der Waals surface area contributed by atoms with E-state index in [0.717, 1.165) is 36.0 Å². The van der Waals surface area contributed by atoms with E-state index in [9.17, 15) is 4.79 Å². The Labute approximate surface area is 130 Å². The first-order valence-electron chi connectivity index (χ1n) is 6.91. The molecule has 0 spiro atoms. The highest BCUT2D eigenvalue weighted by Gasteiger charge is 2.19. The number of likely N-dealkylation sites (tertiary alicyclic amines) is 1. The largest absolute Gasteiger partial charge is 0.355 e. The summed E-state index contributed by atoms with van der Waals surface area (Å²) in [7, 11) is 2.13. The lowest BCUT2D eigenvalue weighted by atomic mass is 10.1. The van der Waals surface area contributed by atoms with Crippen LogP contribution in [0.25, 0.3) is 0 Å². The van der Waals surface area contributed by atoms with Crippen LogP contribution in [0.1, 0.15) is 12.0 Å². The van der Waals surface area contributed by atoms with Gasteiger partial charge in [0.05, 0.1) is 5.75 Å². The van der Waals surface area contributed by atoms with Gasteiger partial charge in [0.1, 0.15) is 0 Å². The number of nitrogens with one attached hydrogen (secondary N) is 1. The van der Waals surface area contributed by atoms with Crippen LogP contribution in [0.2, 0.25) is 5.02 Å². The van der Waals surface area contributed by atoms with Crippen LogP contribution in [0, 0.1) is 5.92 Å². The standard InChI is InChI=1S/C15H21ClN2OS/c1-18-7-6-12(9-18)8-17-15(19)11-20-10-13-4-2-3-5-14(13)16/h2-5,12H,6-11H2,1H3,(H,17,19)/t12-/m0/s1. The van der Waals surface area contributed by atoms with Crippen molar-refractivity contribution < 1.29 is 4.79 Å². The van der Waals surface area contributed by atoms with Crippen molar-refractivity contribution in [3.63, 3.8) is 0 Å². The van der Waals surface area contributed by atoms with E-state index in [1.807, 2.05) is 24.3 Å². The van der Waals surface area contributed by atoms with Gasteiger partial charge in [-0.25, -0.2) is 0 Å². The fourth-order valence-electron chi connectivity index (χ4n) is 2.37. The molecule has 1 aliphatic heterocycles. The van der Waals surface area contributed by atoms with Gasteiger partial charge in [0.15, 0.2) is 0 Å². The predicted octanol–water partition coefficient (Wildman–Crippen LogP) is 2.64. The fourth-order valence-corrected chi connectivity index (χ4v) is 3.51. The minimum Gasteiger partial charge on any atom is -0.355 e. The quantitative estimate of drug-likeness (QED) is 0.876. The maximum absolute atomic E-state index is 11.8. The molecule has 1 aliphatic rings. The molecular formula is C15H21ClN2OS. The smallest absolute Gasteiger partial charge is 0.230 e. The summed E-state index contributed by atoms with van der Waals surface area (Å²) in [4.78, 5) is 14.1. The summed E-state index contributed by atoms with van der Waals surface area (Å²) in [5.74, 6) is 2.00. The molecule has 1 aromatic rings. The lowest BCUT2D eigenvalue weighted by Gasteiger charge is -2.11. The Kier molecular flexibility index (Phi) is 6.20. The van der Waals surface area contributed by atoms with Crippen molar-refractivity contribution in [1.29, 1.82) is 0 Å². The molecule has 1 heterocycles. The molecule has 2 rings (SSSR count). The van der Waals surface area contributed by atoms with Crippen molar-refractivity contribution in [1.82, 2.24) is 10.2 Å². The van der Waals surface area contributed by atoms with Gasteiger partial charge in [0.25, 0.3) is 0 Å². The van der Waals surface area contributed by atoms with E-state index in [1.165, 1.54) is 6.42 Å². The SMILES string of the molecule is CN1CC[C@@H](CNC(=O)CSCc2ccccc2Cl)C1. The summed E-state index contributed by atoms with van der Waals surface area (Å²) in [6.07, 6.45) is 1.18. The second-order valence-corrected chi connectivity index (χ2v) is 6.70. The molecule has 110 valence electrons. The molecule has 0 bridgehead atoms. The molecule has 1 N–H and O–H groups in total. The van der Waals surface area contributed by atoms with Gasteiger partial charge >= 0.3 is 0 Å². The maximum atomic E-state index is 11.8. The number of benzene rings is 1. The van der Waals surface area contributed by atoms with Crippen molar-refractivity contribution in [3.05, 3.63) is 34.9 Å². The molecule has 3 nitrogen and oxygen atoms in total. The molecule has 0 aliphatic carbocycles. The number of nitrogens with zero attached hydrogens (tertiary/aromatic N) is 1. The molecule has 1 amide bonds. The van der Waals surface area contributed by atoms with Gasteiger partial charge in [-0.3, -0.25) is 4.79 Å². The van der Waals surface area contributed by atoms with E-state index in [-0.39, 0.29) is 5.91 Å². The second kappa shape index (κ2) is 7.91. The highest BCUT2D eigenvalue weighted by atomic mass is 35.5. The van der Waals surface area contributed by atoms with Crippen molar-refractivity contribution in [2.75, 3.05) is 32.4 Å². The number of halogens is 1. The maximum Gasteiger partial charge on any atom is 0.230 e. The fraction of sp³-hybridized carbons (Fsp3) is 0.533. The van der Waals surface area contributed by atoms with Gasteiger partial charge < -0.3 is 10.2 Å². The van der Waals surface area contributed by atoms with Crippen molar-refractivity contribution in [2.24, 2.45) is 5.92 Å². The summed E-state index contributed by atoms with van der Waals surface area (Å²) < 4.78 is 0. The van der Waals surface area contributed by atoms with Crippen LogP contribution in [0.5, 0.6) is 0 Å². The summed E-state index contributed by atoms with van der Waals surface area (Å²) >= 11 is 7.69. The number of hydrogen-bond acceptors (Lipinski definition) is 3. The van der Waals surface area contributed by atoms with E-state index in [4.69, 9.17) is 11.6 Å².